The van der Waals surface area contributed by atoms with Crippen molar-refractivity contribution in [1.82, 2.24) is 5.32 Å². The third-order valence-corrected chi connectivity index (χ3v) is 3.98. The first-order valence-electron chi connectivity index (χ1n) is 6.80. The fraction of sp³-hybridized carbons (Fsp3) is 0.600. The topological polar surface area (TPSA) is 15.3 Å². The molecule has 0 bridgehead atoms. The van der Waals surface area contributed by atoms with Crippen LogP contribution >= 0.6 is 0 Å². The van der Waals surface area contributed by atoms with Crippen molar-refractivity contribution in [2.45, 2.75) is 39.2 Å². The molecule has 2 nitrogen and oxygen atoms in total. The van der Waals surface area contributed by atoms with Crippen molar-refractivity contribution in [2.75, 3.05) is 24.5 Å². The summed E-state index contributed by atoms with van der Waals surface area (Å²) < 4.78 is 13.2. The molecule has 100 valence electrons. The van der Waals surface area contributed by atoms with Crippen LogP contribution in [0.4, 0.5) is 10.1 Å². The molecule has 0 radical (unpaired) electrons. The van der Waals surface area contributed by atoms with Gasteiger partial charge in [-0.3, -0.25) is 0 Å². The van der Waals surface area contributed by atoms with Gasteiger partial charge in [0.05, 0.1) is 0 Å². The number of rotatable bonds is 2. The Hall–Kier alpha value is -1.09. The van der Waals surface area contributed by atoms with E-state index < -0.39 is 0 Å². The lowest BCUT2D eigenvalue weighted by molar-refractivity contribution is 0.366. The molecule has 1 atom stereocenters. The van der Waals surface area contributed by atoms with E-state index in [4.69, 9.17) is 0 Å². The van der Waals surface area contributed by atoms with E-state index >= 15 is 0 Å². The second kappa shape index (κ2) is 5.27. The lowest BCUT2D eigenvalue weighted by atomic mass is 9.98. The summed E-state index contributed by atoms with van der Waals surface area (Å²) in [7, 11) is 0. The molecule has 0 aliphatic carbocycles. The van der Waals surface area contributed by atoms with Crippen LogP contribution in [0.2, 0.25) is 0 Å². The van der Waals surface area contributed by atoms with Crippen LogP contribution in [0, 0.1) is 12.7 Å². The predicted octanol–water partition coefficient (Wildman–Crippen LogP) is 3.10. The molecule has 1 N–H and O–H groups in total. The smallest absolute Gasteiger partial charge is 0.123 e. The molecular weight excluding hydrogens is 227 g/mol. The lowest BCUT2D eigenvalue weighted by Crippen LogP contribution is -2.48. The highest BCUT2D eigenvalue weighted by Crippen LogP contribution is 2.25. The molecule has 3 heteroatoms. The first-order valence-corrected chi connectivity index (χ1v) is 6.80. The summed E-state index contributed by atoms with van der Waals surface area (Å²) in [6.45, 7) is 9.55. The van der Waals surface area contributed by atoms with Crippen LogP contribution in [0.25, 0.3) is 0 Å². The van der Waals surface area contributed by atoms with E-state index in [1.54, 1.807) is 12.1 Å². The molecular formula is C15H23FN2. The van der Waals surface area contributed by atoms with E-state index in [1.807, 2.05) is 13.0 Å². The normalized spacial score (nSPS) is 25.0. The van der Waals surface area contributed by atoms with Gasteiger partial charge in [0, 0.05) is 24.3 Å². The van der Waals surface area contributed by atoms with Crippen molar-refractivity contribution in [1.29, 1.82) is 0 Å². The average molecular weight is 250 g/mol. The fourth-order valence-corrected chi connectivity index (χ4v) is 2.63. The van der Waals surface area contributed by atoms with Crippen LogP contribution in [-0.2, 0) is 0 Å². The summed E-state index contributed by atoms with van der Waals surface area (Å²) in [6.07, 6.45) is 2.23. The van der Waals surface area contributed by atoms with Gasteiger partial charge in [-0.2, -0.15) is 0 Å². The minimum Gasteiger partial charge on any atom is -0.369 e. The Kier molecular flexibility index (Phi) is 3.91. The number of aryl methyl sites for hydroxylation is 1. The largest absolute Gasteiger partial charge is 0.369 e. The molecule has 1 aromatic carbocycles. The molecule has 1 heterocycles. The quantitative estimate of drug-likeness (QED) is 0.867. The van der Waals surface area contributed by atoms with Gasteiger partial charge in [0.15, 0.2) is 0 Å². The number of anilines is 1. The number of nitrogens with zero attached hydrogens (tertiary/aromatic N) is 1. The molecule has 1 aromatic rings. The van der Waals surface area contributed by atoms with Crippen molar-refractivity contribution < 1.29 is 4.39 Å². The van der Waals surface area contributed by atoms with Crippen LogP contribution < -0.4 is 10.2 Å². The van der Waals surface area contributed by atoms with Gasteiger partial charge in [0.1, 0.15) is 5.82 Å². The Morgan fingerprint density at radius 1 is 1.44 bits per heavy atom. The molecule has 18 heavy (non-hydrogen) atoms. The maximum atomic E-state index is 13.2. The van der Waals surface area contributed by atoms with Crippen molar-refractivity contribution >= 4 is 5.69 Å². The zero-order chi connectivity index (χ0) is 13.2. The first-order chi connectivity index (χ1) is 8.54. The highest BCUT2D eigenvalue weighted by Gasteiger charge is 2.27. The molecule has 0 spiro atoms. The van der Waals surface area contributed by atoms with Crippen LogP contribution in [0.1, 0.15) is 32.3 Å². The monoisotopic (exact) mass is 250 g/mol. The number of halogens is 1. The van der Waals surface area contributed by atoms with Crippen molar-refractivity contribution in [3.63, 3.8) is 0 Å². The van der Waals surface area contributed by atoms with Crippen LogP contribution in [0.3, 0.4) is 0 Å². The number of hydrogen-bond donors (Lipinski definition) is 1. The van der Waals surface area contributed by atoms with E-state index in [9.17, 15) is 4.39 Å². The number of benzene rings is 1. The Morgan fingerprint density at radius 3 is 2.89 bits per heavy atom. The zero-order valence-electron chi connectivity index (χ0n) is 11.6. The summed E-state index contributed by atoms with van der Waals surface area (Å²) >= 11 is 0. The van der Waals surface area contributed by atoms with Gasteiger partial charge in [0.2, 0.25) is 0 Å². The Balaban J connectivity index is 2.25. The van der Waals surface area contributed by atoms with Gasteiger partial charge in [0.25, 0.3) is 0 Å². The van der Waals surface area contributed by atoms with Gasteiger partial charge in [-0.05, 0) is 57.0 Å². The van der Waals surface area contributed by atoms with Crippen molar-refractivity contribution in [3.05, 3.63) is 29.6 Å². The average Bonchev–Trinajstić information content (AvgIpc) is 2.52. The second-order valence-electron chi connectivity index (χ2n) is 5.55. The van der Waals surface area contributed by atoms with Gasteiger partial charge >= 0.3 is 0 Å². The molecule has 1 aliphatic rings. The minimum atomic E-state index is -0.151. The van der Waals surface area contributed by atoms with E-state index in [1.165, 1.54) is 5.69 Å². The summed E-state index contributed by atoms with van der Waals surface area (Å²) in [4.78, 5) is 2.39. The van der Waals surface area contributed by atoms with Gasteiger partial charge in [-0.25, -0.2) is 4.39 Å². The highest BCUT2D eigenvalue weighted by molar-refractivity contribution is 5.53. The maximum absolute atomic E-state index is 13.2. The summed E-state index contributed by atoms with van der Waals surface area (Å²) in [6, 6.07) is 5.09. The molecule has 1 unspecified atom stereocenters. The Bertz CT molecular complexity index is 419. The van der Waals surface area contributed by atoms with Gasteiger partial charge in [-0.15, -0.1) is 0 Å². The molecule has 0 saturated carbocycles. The van der Waals surface area contributed by atoms with Crippen LogP contribution in [0.5, 0.6) is 0 Å². The third kappa shape index (κ3) is 2.83. The maximum Gasteiger partial charge on any atom is 0.123 e. The van der Waals surface area contributed by atoms with Gasteiger partial charge < -0.3 is 10.2 Å². The van der Waals surface area contributed by atoms with Crippen LogP contribution in [0.15, 0.2) is 18.2 Å². The molecule has 1 saturated heterocycles. The molecule has 1 aliphatic heterocycles. The summed E-state index contributed by atoms with van der Waals surface area (Å²) in [5.41, 5.74) is 2.34. The van der Waals surface area contributed by atoms with E-state index in [0.29, 0.717) is 0 Å². The third-order valence-electron chi connectivity index (χ3n) is 3.98. The number of hydrogen-bond acceptors (Lipinski definition) is 2. The SMILES string of the molecule is CCC1(C)CN(c2ccc(F)cc2C)CCCN1. The van der Waals surface area contributed by atoms with E-state index in [-0.39, 0.29) is 11.4 Å². The second-order valence-corrected chi connectivity index (χ2v) is 5.55. The Labute approximate surface area is 109 Å². The minimum absolute atomic E-state index is 0.150. The molecule has 2 rings (SSSR count). The standard InChI is InChI=1S/C15H23FN2/c1-4-15(3)11-18(9-5-8-17-15)14-7-6-13(16)10-12(14)2/h6-7,10,17H,4-5,8-9,11H2,1-3H3. The van der Waals surface area contributed by atoms with Crippen LogP contribution in [-0.4, -0.2) is 25.2 Å². The lowest BCUT2D eigenvalue weighted by Gasteiger charge is -2.34. The first kappa shape index (κ1) is 13.3. The molecule has 0 amide bonds. The molecule has 1 fully saturated rings. The highest BCUT2D eigenvalue weighted by atomic mass is 19.1. The van der Waals surface area contributed by atoms with Crippen molar-refractivity contribution in [3.8, 4) is 0 Å². The van der Waals surface area contributed by atoms with Crippen molar-refractivity contribution in [2.24, 2.45) is 0 Å². The summed E-state index contributed by atoms with van der Waals surface area (Å²) in [5, 5.41) is 3.62. The fourth-order valence-electron chi connectivity index (χ4n) is 2.63. The zero-order valence-corrected chi connectivity index (χ0v) is 11.6. The predicted molar refractivity (Wildman–Crippen MR) is 74.7 cm³/mol. The Morgan fingerprint density at radius 2 is 2.22 bits per heavy atom. The van der Waals surface area contributed by atoms with E-state index in [0.717, 1.165) is 38.0 Å². The molecule has 0 aromatic heterocycles. The van der Waals surface area contributed by atoms with E-state index in [2.05, 4.69) is 24.1 Å². The summed E-state index contributed by atoms with van der Waals surface area (Å²) in [5.74, 6) is -0.151. The number of nitrogens with one attached hydrogen (secondary N) is 1. The van der Waals surface area contributed by atoms with Gasteiger partial charge in [-0.1, -0.05) is 6.92 Å².